The zero-order chi connectivity index (χ0) is 13.8. The largest absolute Gasteiger partial charge is 0.489 e. The molecule has 6 heteroatoms. The van der Waals surface area contributed by atoms with Crippen molar-refractivity contribution in [1.29, 1.82) is 0 Å². The van der Waals surface area contributed by atoms with Gasteiger partial charge in [0.05, 0.1) is 11.0 Å². The first-order valence-corrected chi connectivity index (χ1v) is 5.74. The molecule has 2 aromatic carbocycles. The van der Waals surface area contributed by atoms with Crippen molar-refractivity contribution >= 4 is 17.3 Å². The minimum atomic E-state index is -0.663. The van der Waals surface area contributed by atoms with Crippen LogP contribution < -0.4 is 4.74 Å². The van der Waals surface area contributed by atoms with Crippen LogP contribution in [0.2, 0.25) is 5.02 Å². The first kappa shape index (κ1) is 13.3. The molecule has 0 saturated heterocycles. The van der Waals surface area contributed by atoms with Crippen LogP contribution in [0.25, 0.3) is 0 Å². The van der Waals surface area contributed by atoms with Crippen LogP contribution in [-0.4, -0.2) is 4.92 Å². The first-order valence-electron chi connectivity index (χ1n) is 5.37. The van der Waals surface area contributed by atoms with Crippen LogP contribution in [0.1, 0.15) is 5.56 Å². The third-order valence-electron chi connectivity index (χ3n) is 2.37. The summed E-state index contributed by atoms with van der Waals surface area (Å²) < 4.78 is 18.6. The normalized spacial score (nSPS) is 10.2. The van der Waals surface area contributed by atoms with Crippen molar-refractivity contribution < 1.29 is 14.1 Å². The molecule has 0 aromatic heterocycles. The number of nitro groups is 1. The van der Waals surface area contributed by atoms with Gasteiger partial charge in [0.1, 0.15) is 18.2 Å². The standard InChI is InChI=1S/C13H9ClFNO3/c14-10-1-3-13(4-2-10)19-8-9-5-11(15)7-12(6-9)16(17)18/h1-7H,8H2. The highest BCUT2D eigenvalue weighted by Crippen LogP contribution is 2.20. The van der Waals surface area contributed by atoms with Crippen LogP contribution in [0.5, 0.6) is 5.75 Å². The number of nitro benzene ring substituents is 1. The number of halogens is 2. The van der Waals surface area contributed by atoms with Crippen molar-refractivity contribution in [2.24, 2.45) is 0 Å². The Morgan fingerprint density at radius 2 is 1.89 bits per heavy atom. The second-order valence-electron chi connectivity index (χ2n) is 3.82. The first-order chi connectivity index (χ1) is 9.04. The predicted octanol–water partition coefficient (Wildman–Crippen LogP) is 3.97. The maximum absolute atomic E-state index is 13.2. The van der Waals surface area contributed by atoms with E-state index in [1.165, 1.54) is 12.1 Å². The fraction of sp³-hybridized carbons (Fsp3) is 0.0769. The summed E-state index contributed by atoms with van der Waals surface area (Å²) in [4.78, 5) is 9.96. The summed E-state index contributed by atoms with van der Waals surface area (Å²) in [5.74, 6) is -0.111. The quantitative estimate of drug-likeness (QED) is 0.629. The van der Waals surface area contributed by atoms with Gasteiger partial charge in [-0.3, -0.25) is 10.1 Å². The van der Waals surface area contributed by atoms with Crippen LogP contribution in [0.4, 0.5) is 10.1 Å². The summed E-state index contributed by atoms with van der Waals surface area (Å²) in [7, 11) is 0. The van der Waals surface area contributed by atoms with E-state index in [0.717, 1.165) is 6.07 Å². The number of benzene rings is 2. The SMILES string of the molecule is O=[N+]([O-])c1cc(F)cc(COc2ccc(Cl)cc2)c1. The number of hydrogen-bond acceptors (Lipinski definition) is 3. The van der Waals surface area contributed by atoms with E-state index in [2.05, 4.69) is 0 Å². The number of hydrogen-bond donors (Lipinski definition) is 0. The lowest BCUT2D eigenvalue weighted by molar-refractivity contribution is -0.385. The Labute approximate surface area is 113 Å². The molecule has 0 spiro atoms. The molecular weight excluding hydrogens is 273 g/mol. The van der Waals surface area contributed by atoms with E-state index in [9.17, 15) is 14.5 Å². The van der Waals surface area contributed by atoms with Gasteiger partial charge in [0.2, 0.25) is 0 Å². The Morgan fingerprint density at radius 3 is 2.53 bits per heavy atom. The fourth-order valence-electron chi connectivity index (χ4n) is 1.52. The molecule has 2 aromatic rings. The molecule has 0 aliphatic carbocycles. The number of ether oxygens (including phenoxy) is 1. The minimum Gasteiger partial charge on any atom is -0.489 e. The molecule has 0 heterocycles. The van der Waals surface area contributed by atoms with E-state index < -0.39 is 10.7 Å². The molecule has 0 aliphatic heterocycles. The van der Waals surface area contributed by atoms with Crippen LogP contribution in [0.15, 0.2) is 42.5 Å². The Hall–Kier alpha value is -2.14. The molecule has 98 valence electrons. The molecule has 0 atom stereocenters. The summed E-state index contributed by atoms with van der Waals surface area (Å²) in [6, 6.07) is 9.98. The highest BCUT2D eigenvalue weighted by atomic mass is 35.5. The van der Waals surface area contributed by atoms with Gasteiger partial charge in [-0.25, -0.2) is 4.39 Å². The number of rotatable bonds is 4. The van der Waals surface area contributed by atoms with E-state index in [4.69, 9.17) is 16.3 Å². The fourth-order valence-corrected chi connectivity index (χ4v) is 1.65. The van der Waals surface area contributed by atoms with E-state index in [1.54, 1.807) is 24.3 Å². The van der Waals surface area contributed by atoms with Gasteiger partial charge in [-0.2, -0.15) is 0 Å². The van der Waals surface area contributed by atoms with Crippen molar-refractivity contribution in [3.63, 3.8) is 0 Å². The third kappa shape index (κ3) is 3.66. The van der Waals surface area contributed by atoms with E-state index in [0.29, 0.717) is 16.3 Å². The summed E-state index contributed by atoms with van der Waals surface area (Å²) in [6.07, 6.45) is 0. The molecule has 0 radical (unpaired) electrons. The maximum Gasteiger partial charge on any atom is 0.272 e. The highest BCUT2D eigenvalue weighted by molar-refractivity contribution is 6.30. The lowest BCUT2D eigenvalue weighted by Crippen LogP contribution is -1.98. The zero-order valence-corrected chi connectivity index (χ0v) is 10.4. The van der Waals surface area contributed by atoms with Crippen molar-refractivity contribution in [2.45, 2.75) is 6.61 Å². The van der Waals surface area contributed by atoms with Crippen molar-refractivity contribution in [2.75, 3.05) is 0 Å². The lowest BCUT2D eigenvalue weighted by atomic mass is 10.2. The summed E-state index contributed by atoms with van der Waals surface area (Å²) >= 11 is 5.73. The third-order valence-corrected chi connectivity index (χ3v) is 2.62. The topological polar surface area (TPSA) is 52.4 Å². The van der Waals surface area contributed by atoms with Gasteiger partial charge >= 0.3 is 0 Å². The number of nitrogens with zero attached hydrogens (tertiary/aromatic N) is 1. The van der Waals surface area contributed by atoms with E-state index in [-0.39, 0.29) is 12.3 Å². The summed E-state index contributed by atoms with van der Waals surface area (Å²) in [5.41, 5.74) is 0.0938. The molecule has 0 fully saturated rings. The molecule has 0 bridgehead atoms. The Morgan fingerprint density at radius 1 is 1.21 bits per heavy atom. The number of non-ortho nitro benzene ring substituents is 1. The maximum atomic E-state index is 13.2. The van der Waals surface area contributed by atoms with E-state index in [1.807, 2.05) is 0 Å². The van der Waals surface area contributed by atoms with Gasteiger partial charge in [-0.1, -0.05) is 11.6 Å². The van der Waals surface area contributed by atoms with Crippen molar-refractivity contribution in [3.05, 3.63) is 69.0 Å². The molecule has 4 nitrogen and oxygen atoms in total. The molecule has 0 amide bonds. The van der Waals surface area contributed by atoms with Crippen LogP contribution >= 0.6 is 11.6 Å². The van der Waals surface area contributed by atoms with Gasteiger partial charge < -0.3 is 4.74 Å². The zero-order valence-electron chi connectivity index (χ0n) is 9.68. The molecular formula is C13H9ClFNO3. The lowest BCUT2D eigenvalue weighted by Gasteiger charge is -2.06. The molecule has 0 unspecified atom stereocenters. The average Bonchev–Trinajstić information content (AvgIpc) is 2.37. The van der Waals surface area contributed by atoms with Gasteiger partial charge in [0.15, 0.2) is 0 Å². The Balaban J connectivity index is 2.11. The Bertz CT molecular complexity index is 601. The van der Waals surface area contributed by atoms with Gasteiger partial charge in [-0.05, 0) is 35.9 Å². The average molecular weight is 282 g/mol. The molecule has 0 N–H and O–H groups in total. The summed E-state index contributed by atoms with van der Waals surface area (Å²) in [6.45, 7) is 0.0419. The second-order valence-corrected chi connectivity index (χ2v) is 4.25. The van der Waals surface area contributed by atoms with Crippen molar-refractivity contribution in [1.82, 2.24) is 0 Å². The molecule has 19 heavy (non-hydrogen) atoms. The summed E-state index contributed by atoms with van der Waals surface area (Å²) in [5, 5.41) is 11.2. The van der Waals surface area contributed by atoms with Gasteiger partial charge in [0, 0.05) is 11.1 Å². The van der Waals surface area contributed by atoms with Gasteiger partial charge in [-0.15, -0.1) is 0 Å². The molecule has 2 rings (SSSR count). The van der Waals surface area contributed by atoms with E-state index >= 15 is 0 Å². The predicted molar refractivity (Wildman–Crippen MR) is 68.8 cm³/mol. The van der Waals surface area contributed by atoms with Crippen LogP contribution in [-0.2, 0) is 6.61 Å². The van der Waals surface area contributed by atoms with Crippen LogP contribution in [0.3, 0.4) is 0 Å². The second kappa shape index (κ2) is 5.67. The van der Waals surface area contributed by atoms with Crippen LogP contribution in [0, 0.1) is 15.9 Å². The molecule has 0 aliphatic rings. The Kier molecular flexibility index (Phi) is 3.97. The smallest absolute Gasteiger partial charge is 0.272 e. The monoisotopic (exact) mass is 281 g/mol. The highest BCUT2D eigenvalue weighted by Gasteiger charge is 2.10. The van der Waals surface area contributed by atoms with Crippen molar-refractivity contribution in [3.8, 4) is 5.75 Å². The van der Waals surface area contributed by atoms with Gasteiger partial charge in [0.25, 0.3) is 5.69 Å². The minimum absolute atomic E-state index is 0.0419. The molecule has 0 saturated carbocycles.